The Balaban J connectivity index is 2.10. The first-order valence-electron chi connectivity index (χ1n) is 7.33. The van der Waals surface area contributed by atoms with Crippen molar-refractivity contribution in [1.29, 1.82) is 0 Å². The highest BCUT2D eigenvalue weighted by molar-refractivity contribution is 7.71. The molecule has 2 aromatic rings. The number of rotatable bonds is 3. The minimum Gasteiger partial charge on any atom is -0.331 e. The van der Waals surface area contributed by atoms with Gasteiger partial charge in [0.1, 0.15) is 0 Å². The maximum Gasteiger partial charge on any atom is 0.178 e. The number of aryl methyl sites for hydroxylation is 1. The molecule has 1 aromatic carbocycles. The Morgan fingerprint density at radius 2 is 2.05 bits per heavy atom. The lowest BCUT2D eigenvalue weighted by Gasteiger charge is -2.28. The lowest BCUT2D eigenvalue weighted by Crippen LogP contribution is -2.22. The predicted molar refractivity (Wildman–Crippen MR) is 83.1 cm³/mol. The number of aromatic amines is 1. The molecule has 0 radical (unpaired) electrons. The van der Waals surface area contributed by atoms with Crippen LogP contribution in [0.2, 0.25) is 0 Å². The first-order valence-corrected chi connectivity index (χ1v) is 7.74. The van der Waals surface area contributed by atoms with Crippen LogP contribution in [0.15, 0.2) is 18.2 Å². The van der Waals surface area contributed by atoms with E-state index in [2.05, 4.69) is 41.6 Å². The molecule has 1 N–H and O–H groups in total. The van der Waals surface area contributed by atoms with E-state index < -0.39 is 0 Å². The Labute approximate surface area is 119 Å². The second kappa shape index (κ2) is 4.78. The molecule has 0 saturated heterocycles. The molecule has 19 heavy (non-hydrogen) atoms. The first kappa shape index (κ1) is 12.9. The minimum atomic E-state index is 0.468. The summed E-state index contributed by atoms with van der Waals surface area (Å²) in [6, 6.07) is 6.40. The van der Waals surface area contributed by atoms with E-state index in [-0.39, 0.29) is 0 Å². The van der Waals surface area contributed by atoms with Gasteiger partial charge in [0.25, 0.3) is 0 Å². The van der Waals surface area contributed by atoms with Crippen molar-refractivity contribution in [2.75, 3.05) is 0 Å². The van der Waals surface area contributed by atoms with E-state index in [1.165, 1.54) is 48.7 Å². The molecule has 0 aliphatic heterocycles. The van der Waals surface area contributed by atoms with Gasteiger partial charge in [-0.25, -0.2) is 0 Å². The van der Waals surface area contributed by atoms with Gasteiger partial charge in [0.2, 0.25) is 0 Å². The molecule has 0 spiro atoms. The Bertz CT molecular complexity index is 644. The summed E-state index contributed by atoms with van der Waals surface area (Å²) < 4.78 is 3.22. The summed E-state index contributed by atoms with van der Waals surface area (Å²) in [7, 11) is 0. The SMILES string of the molecule is CCC1(Cn2c(=S)[nH]c3cccc(C)c32)CCCC1. The van der Waals surface area contributed by atoms with Gasteiger partial charge >= 0.3 is 0 Å². The zero-order valence-electron chi connectivity index (χ0n) is 11.8. The zero-order valence-corrected chi connectivity index (χ0v) is 12.6. The first-order chi connectivity index (χ1) is 9.15. The number of nitrogens with zero attached hydrogens (tertiary/aromatic N) is 1. The average molecular weight is 274 g/mol. The standard InChI is InChI=1S/C16H22N2S/c1-3-16(9-4-5-10-16)11-18-14-12(2)7-6-8-13(14)17-15(18)19/h6-8H,3-5,9-11H2,1-2H3,(H,17,19). The Morgan fingerprint density at radius 1 is 1.32 bits per heavy atom. The number of imidazole rings is 1. The lowest BCUT2D eigenvalue weighted by molar-refractivity contribution is 0.239. The molecule has 1 aliphatic rings. The molecule has 1 heterocycles. The third kappa shape index (κ3) is 2.14. The summed E-state index contributed by atoms with van der Waals surface area (Å²) in [6.45, 7) is 5.58. The number of hydrogen-bond donors (Lipinski definition) is 1. The van der Waals surface area contributed by atoms with Gasteiger partial charge in [0.15, 0.2) is 4.77 Å². The molecule has 0 atom stereocenters. The van der Waals surface area contributed by atoms with E-state index in [1.54, 1.807) is 0 Å². The Kier molecular flexibility index (Phi) is 3.25. The van der Waals surface area contributed by atoms with E-state index in [4.69, 9.17) is 12.2 Å². The molecule has 1 fully saturated rings. The maximum atomic E-state index is 5.55. The van der Waals surface area contributed by atoms with Crippen molar-refractivity contribution in [2.24, 2.45) is 5.41 Å². The van der Waals surface area contributed by atoms with Crippen LogP contribution in [0.5, 0.6) is 0 Å². The van der Waals surface area contributed by atoms with E-state index in [0.29, 0.717) is 5.41 Å². The van der Waals surface area contributed by atoms with Crippen molar-refractivity contribution in [3.63, 3.8) is 0 Å². The van der Waals surface area contributed by atoms with Crippen molar-refractivity contribution >= 4 is 23.3 Å². The summed E-state index contributed by atoms with van der Waals surface area (Å²) in [4.78, 5) is 3.36. The van der Waals surface area contributed by atoms with Gasteiger partial charge < -0.3 is 9.55 Å². The summed E-state index contributed by atoms with van der Waals surface area (Å²) in [5.74, 6) is 0. The smallest absolute Gasteiger partial charge is 0.178 e. The van der Waals surface area contributed by atoms with Crippen molar-refractivity contribution in [3.8, 4) is 0 Å². The molecular formula is C16H22N2S. The highest BCUT2D eigenvalue weighted by atomic mass is 32.1. The van der Waals surface area contributed by atoms with E-state index >= 15 is 0 Å². The number of fused-ring (bicyclic) bond motifs is 1. The fraction of sp³-hybridized carbons (Fsp3) is 0.562. The number of H-pyrrole nitrogens is 1. The van der Waals surface area contributed by atoms with Gasteiger partial charge in [-0.2, -0.15) is 0 Å². The van der Waals surface area contributed by atoms with E-state index in [9.17, 15) is 0 Å². The normalized spacial score (nSPS) is 18.2. The molecular weight excluding hydrogens is 252 g/mol. The van der Waals surface area contributed by atoms with Crippen LogP contribution in [0.4, 0.5) is 0 Å². The lowest BCUT2D eigenvalue weighted by atomic mass is 9.83. The molecule has 1 aromatic heterocycles. The largest absolute Gasteiger partial charge is 0.331 e. The second-order valence-corrected chi connectivity index (χ2v) is 6.43. The van der Waals surface area contributed by atoms with E-state index in [0.717, 1.165) is 11.3 Å². The predicted octanol–water partition coefficient (Wildman–Crippen LogP) is 4.98. The van der Waals surface area contributed by atoms with Gasteiger partial charge in [-0.3, -0.25) is 0 Å². The molecule has 0 unspecified atom stereocenters. The molecule has 1 saturated carbocycles. The van der Waals surface area contributed by atoms with Crippen LogP contribution in [0, 0.1) is 17.1 Å². The Hall–Kier alpha value is -1.09. The highest BCUT2D eigenvalue weighted by Gasteiger charge is 2.33. The summed E-state index contributed by atoms with van der Waals surface area (Å²) in [6.07, 6.45) is 6.71. The average Bonchev–Trinajstić information content (AvgIpc) is 2.97. The minimum absolute atomic E-state index is 0.468. The number of para-hydroxylation sites is 1. The van der Waals surface area contributed by atoms with Crippen LogP contribution in [0.1, 0.15) is 44.6 Å². The van der Waals surface area contributed by atoms with Crippen LogP contribution in [-0.2, 0) is 6.54 Å². The molecule has 1 aliphatic carbocycles. The van der Waals surface area contributed by atoms with Gasteiger partial charge in [0.05, 0.1) is 11.0 Å². The van der Waals surface area contributed by atoms with Gasteiger partial charge in [-0.1, -0.05) is 31.9 Å². The zero-order chi connectivity index (χ0) is 13.5. The second-order valence-electron chi connectivity index (χ2n) is 6.05. The molecule has 102 valence electrons. The van der Waals surface area contributed by atoms with Crippen molar-refractivity contribution in [3.05, 3.63) is 28.5 Å². The van der Waals surface area contributed by atoms with Crippen molar-refractivity contribution in [1.82, 2.24) is 9.55 Å². The van der Waals surface area contributed by atoms with Crippen LogP contribution in [-0.4, -0.2) is 9.55 Å². The third-order valence-electron chi connectivity index (χ3n) is 4.90. The highest BCUT2D eigenvalue weighted by Crippen LogP contribution is 2.43. The maximum absolute atomic E-state index is 5.55. The molecule has 0 bridgehead atoms. The van der Waals surface area contributed by atoms with Crippen LogP contribution in [0.3, 0.4) is 0 Å². The fourth-order valence-electron chi connectivity index (χ4n) is 3.64. The van der Waals surface area contributed by atoms with E-state index in [1.807, 2.05) is 0 Å². The number of hydrogen-bond acceptors (Lipinski definition) is 1. The van der Waals surface area contributed by atoms with Crippen molar-refractivity contribution < 1.29 is 0 Å². The molecule has 3 heteroatoms. The van der Waals surface area contributed by atoms with Gasteiger partial charge in [0, 0.05) is 6.54 Å². The molecule has 0 amide bonds. The molecule has 3 rings (SSSR count). The van der Waals surface area contributed by atoms with Crippen LogP contribution < -0.4 is 0 Å². The van der Waals surface area contributed by atoms with Gasteiger partial charge in [-0.15, -0.1) is 0 Å². The van der Waals surface area contributed by atoms with Crippen LogP contribution >= 0.6 is 12.2 Å². The van der Waals surface area contributed by atoms with Crippen LogP contribution in [0.25, 0.3) is 11.0 Å². The quantitative estimate of drug-likeness (QED) is 0.783. The fourth-order valence-corrected chi connectivity index (χ4v) is 3.90. The summed E-state index contributed by atoms with van der Waals surface area (Å²) >= 11 is 5.55. The molecule has 2 nitrogen and oxygen atoms in total. The third-order valence-corrected chi connectivity index (χ3v) is 5.22. The summed E-state index contributed by atoms with van der Waals surface area (Å²) in [5, 5.41) is 0. The number of nitrogens with one attached hydrogen (secondary N) is 1. The Morgan fingerprint density at radius 3 is 2.74 bits per heavy atom. The summed E-state index contributed by atoms with van der Waals surface area (Å²) in [5.41, 5.74) is 4.26. The van der Waals surface area contributed by atoms with Gasteiger partial charge in [-0.05, 0) is 55.4 Å². The number of benzene rings is 1. The topological polar surface area (TPSA) is 20.7 Å². The monoisotopic (exact) mass is 274 g/mol. The van der Waals surface area contributed by atoms with Crippen molar-refractivity contribution in [2.45, 2.75) is 52.5 Å². The number of aromatic nitrogens is 2.